The summed E-state index contributed by atoms with van der Waals surface area (Å²) in [5.74, 6) is 5.55. The molecular formula is C13H20N4O2. The number of nitrogen functional groups attached to an aromatic ring is 1. The number of hydrazine groups is 1. The Labute approximate surface area is 112 Å². The second kappa shape index (κ2) is 5.14. The van der Waals surface area contributed by atoms with Gasteiger partial charge in [0.15, 0.2) is 0 Å². The number of anilines is 1. The van der Waals surface area contributed by atoms with Gasteiger partial charge in [-0.2, -0.15) is 0 Å². The first-order valence-electron chi connectivity index (χ1n) is 6.26. The van der Waals surface area contributed by atoms with E-state index in [0.29, 0.717) is 11.5 Å². The molecule has 2 unspecified atom stereocenters. The van der Waals surface area contributed by atoms with E-state index < -0.39 is 0 Å². The second-order valence-corrected chi connectivity index (χ2v) is 5.36. The Balaban J connectivity index is 2.02. The van der Waals surface area contributed by atoms with Crippen molar-refractivity contribution in [2.24, 2.45) is 11.3 Å². The fraction of sp³-hybridized carbons (Fsp3) is 0.538. The molecule has 0 saturated heterocycles. The molecule has 1 aromatic rings. The van der Waals surface area contributed by atoms with E-state index in [2.05, 4.69) is 29.6 Å². The van der Waals surface area contributed by atoms with Gasteiger partial charge < -0.3 is 15.5 Å². The van der Waals surface area contributed by atoms with E-state index >= 15 is 0 Å². The van der Waals surface area contributed by atoms with Crippen LogP contribution in [0.2, 0.25) is 0 Å². The van der Waals surface area contributed by atoms with Crippen LogP contribution >= 0.6 is 0 Å². The lowest BCUT2D eigenvalue weighted by molar-refractivity contribution is -0.0942. The largest absolute Gasteiger partial charge is 0.381 e. The Morgan fingerprint density at radius 2 is 2.26 bits per heavy atom. The molecule has 6 heteroatoms. The SMILES string of the molecule is COC1CC(NC(=O)c2cccc(NN)n2)C1(C)C. The number of hydrogen-bond acceptors (Lipinski definition) is 5. The lowest BCUT2D eigenvalue weighted by Gasteiger charge is -2.51. The summed E-state index contributed by atoms with van der Waals surface area (Å²) in [6.07, 6.45) is 1.01. The van der Waals surface area contributed by atoms with Gasteiger partial charge in [-0.15, -0.1) is 0 Å². The highest BCUT2D eigenvalue weighted by atomic mass is 16.5. The zero-order valence-electron chi connectivity index (χ0n) is 11.4. The average molecular weight is 264 g/mol. The molecule has 1 amide bonds. The molecule has 2 rings (SSSR count). The first-order chi connectivity index (χ1) is 8.98. The van der Waals surface area contributed by atoms with E-state index in [9.17, 15) is 4.79 Å². The highest BCUT2D eigenvalue weighted by molar-refractivity contribution is 5.93. The molecule has 1 aliphatic carbocycles. The number of rotatable bonds is 4. The van der Waals surface area contributed by atoms with Gasteiger partial charge in [-0.3, -0.25) is 4.79 Å². The Morgan fingerprint density at radius 1 is 1.53 bits per heavy atom. The normalized spacial score (nSPS) is 24.4. The predicted molar refractivity (Wildman–Crippen MR) is 72.5 cm³/mol. The minimum atomic E-state index is -0.190. The Morgan fingerprint density at radius 3 is 2.84 bits per heavy atom. The van der Waals surface area contributed by atoms with Crippen LogP contribution in [0.25, 0.3) is 0 Å². The fourth-order valence-electron chi connectivity index (χ4n) is 2.40. The standard InChI is InChI=1S/C13H20N4O2/c1-13(2)9(7-10(13)19-3)16-12(18)8-5-4-6-11(15-8)17-14/h4-6,9-10H,7,14H2,1-3H3,(H,15,17)(H,16,18). The molecule has 2 atom stereocenters. The molecular weight excluding hydrogens is 244 g/mol. The Bertz CT molecular complexity index is 475. The number of carbonyl (C=O) groups is 1. The van der Waals surface area contributed by atoms with E-state index in [1.165, 1.54) is 0 Å². The minimum absolute atomic E-state index is 0.0614. The number of ether oxygens (including phenoxy) is 1. The third-order valence-electron chi connectivity index (χ3n) is 3.90. The van der Waals surface area contributed by atoms with Crippen molar-refractivity contribution in [2.75, 3.05) is 12.5 Å². The molecule has 0 bridgehead atoms. The number of aromatic nitrogens is 1. The molecule has 6 nitrogen and oxygen atoms in total. The molecule has 0 aromatic carbocycles. The van der Waals surface area contributed by atoms with Crippen molar-refractivity contribution in [3.05, 3.63) is 23.9 Å². The third kappa shape index (κ3) is 2.54. The molecule has 104 valence electrons. The molecule has 1 fully saturated rings. The van der Waals surface area contributed by atoms with Crippen LogP contribution in [-0.4, -0.2) is 30.1 Å². The molecule has 1 saturated carbocycles. The van der Waals surface area contributed by atoms with Crippen molar-refractivity contribution >= 4 is 11.7 Å². The summed E-state index contributed by atoms with van der Waals surface area (Å²) in [6, 6.07) is 5.20. The topological polar surface area (TPSA) is 89.3 Å². The summed E-state index contributed by atoms with van der Waals surface area (Å²) >= 11 is 0. The van der Waals surface area contributed by atoms with Gasteiger partial charge in [0.05, 0.1) is 6.10 Å². The van der Waals surface area contributed by atoms with Gasteiger partial charge in [0.25, 0.3) is 5.91 Å². The lowest BCUT2D eigenvalue weighted by atomic mass is 9.64. The Hall–Kier alpha value is -1.66. The minimum Gasteiger partial charge on any atom is -0.381 e. The number of pyridine rings is 1. The van der Waals surface area contributed by atoms with Gasteiger partial charge in [0.1, 0.15) is 11.5 Å². The lowest BCUT2D eigenvalue weighted by Crippen LogP contribution is -2.61. The van der Waals surface area contributed by atoms with Crippen LogP contribution in [0.15, 0.2) is 18.2 Å². The summed E-state index contributed by atoms with van der Waals surface area (Å²) in [5, 5.41) is 2.99. The molecule has 0 spiro atoms. The highest BCUT2D eigenvalue weighted by Crippen LogP contribution is 2.42. The summed E-state index contributed by atoms with van der Waals surface area (Å²) in [7, 11) is 1.70. The van der Waals surface area contributed by atoms with Gasteiger partial charge in [-0.1, -0.05) is 19.9 Å². The number of nitrogens with zero attached hydrogens (tertiary/aromatic N) is 1. The van der Waals surface area contributed by atoms with E-state index in [1.807, 2.05) is 0 Å². The summed E-state index contributed by atoms with van der Waals surface area (Å²) in [5.41, 5.74) is 2.72. The van der Waals surface area contributed by atoms with Crippen LogP contribution in [0.5, 0.6) is 0 Å². The van der Waals surface area contributed by atoms with Crippen molar-refractivity contribution in [3.8, 4) is 0 Å². The van der Waals surface area contributed by atoms with Crippen LogP contribution in [0.3, 0.4) is 0 Å². The first-order valence-corrected chi connectivity index (χ1v) is 6.26. The van der Waals surface area contributed by atoms with Crippen molar-refractivity contribution in [3.63, 3.8) is 0 Å². The maximum atomic E-state index is 12.1. The summed E-state index contributed by atoms with van der Waals surface area (Å²) < 4.78 is 5.36. The van der Waals surface area contributed by atoms with E-state index in [1.54, 1.807) is 25.3 Å². The second-order valence-electron chi connectivity index (χ2n) is 5.36. The van der Waals surface area contributed by atoms with Crippen LogP contribution in [-0.2, 0) is 4.74 Å². The van der Waals surface area contributed by atoms with Crippen molar-refractivity contribution in [1.82, 2.24) is 10.3 Å². The van der Waals surface area contributed by atoms with Gasteiger partial charge >= 0.3 is 0 Å². The average Bonchev–Trinajstić information content (AvgIpc) is 2.42. The first kappa shape index (κ1) is 13.8. The van der Waals surface area contributed by atoms with Crippen LogP contribution in [0.4, 0.5) is 5.82 Å². The molecule has 0 aliphatic heterocycles. The van der Waals surface area contributed by atoms with Crippen LogP contribution in [0, 0.1) is 5.41 Å². The molecule has 1 aliphatic rings. The van der Waals surface area contributed by atoms with Crippen LogP contribution < -0.4 is 16.6 Å². The summed E-state index contributed by atoms with van der Waals surface area (Å²) in [6.45, 7) is 4.17. The number of methoxy groups -OCH3 is 1. The quantitative estimate of drug-likeness (QED) is 0.555. The molecule has 19 heavy (non-hydrogen) atoms. The van der Waals surface area contributed by atoms with E-state index in [0.717, 1.165) is 6.42 Å². The van der Waals surface area contributed by atoms with Gasteiger partial charge in [0, 0.05) is 18.6 Å². The smallest absolute Gasteiger partial charge is 0.270 e. The van der Waals surface area contributed by atoms with Crippen molar-refractivity contribution in [2.45, 2.75) is 32.4 Å². The highest BCUT2D eigenvalue weighted by Gasteiger charge is 2.49. The zero-order valence-corrected chi connectivity index (χ0v) is 11.4. The molecule has 1 aromatic heterocycles. The number of nitrogens with two attached hydrogens (primary N) is 1. The van der Waals surface area contributed by atoms with Gasteiger partial charge in [-0.25, -0.2) is 10.8 Å². The third-order valence-corrected chi connectivity index (χ3v) is 3.90. The van der Waals surface area contributed by atoms with E-state index in [4.69, 9.17) is 10.6 Å². The van der Waals surface area contributed by atoms with E-state index in [-0.39, 0.29) is 23.5 Å². The number of nitrogens with one attached hydrogen (secondary N) is 2. The van der Waals surface area contributed by atoms with Gasteiger partial charge in [0.2, 0.25) is 0 Å². The van der Waals surface area contributed by atoms with Gasteiger partial charge in [-0.05, 0) is 18.6 Å². The fourth-order valence-corrected chi connectivity index (χ4v) is 2.40. The summed E-state index contributed by atoms with van der Waals surface area (Å²) in [4.78, 5) is 16.2. The maximum Gasteiger partial charge on any atom is 0.270 e. The van der Waals surface area contributed by atoms with Crippen molar-refractivity contribution < 1.29 is 9.53 Å². The molecule has 4 N–H and O–H groups in total. The monoisotopic (exact) mass is 264 g/mol. The van der Waals surface area contributed by atoms with Crippen molar-refractivity contribution in [1.29, 1.82) is 0 Å². The zero-order chi connectivity index (χ0) is 14.0. The number of carbonyl (C=O) groups excluding carboxylic acids is 1. The Kier molecular flexibility index (Phi) is 3.73. The maximum absolute atomic E-state index is 12.1. The molecule has 1 heterocycles. The molecule has 0 radical (unpaired) electrons. The van der Waals surface area contributed by atoms with Crippen LogP contribution in [0.1, 0.15) is 30.8 Å². The predicted octanol–water partition coefficient (Wildman–Crippen LogP) is 0.910. The number of hydrogen-bond donors (Lipinski definition) is 3. The number of amides is 1.